The normalized spacial score (nSPS) is 25.0. The molecule has 0 amide bonds. The maximum atomic E-state index is 6.48. The van der Waals surface area contributed by atoms with Crippen LogP contribution in [0.25, 0.3) is 0 Å². The summed E-state index contributed by atoms with van der Waals surface area (Å²) in [6.45, 7) is 8.59. The second-order valence-corrected chi connectivity index (χ2v) is 8.82. The molecule has 28 heavy (non-hydrogen) atoms. The van der Waals surface area contributed by atoms with Crippen LogP contribution in [0.3, 0.4) is 0 Å². The van der Waals surface area contributed by atoms with Crippen LogP contribution in [-0.4, -0.2) is 0 Å². The first-order chi connectivity index (χ1) is 13.3. The van der Waals surface area contributed by atoms with Crippen molar-refractivity contribution < 1.29 is 9.47 Å². The van der Waals surface area contributed by atoms with Gasteiger partial charge in [0.1, 0.15) is 22.7 Å². The molecule has 3 aromatic rings. The van der Waals surface area contributed by atoms with Gasteiger partial charge in [0, 0.05) is 24.0 Å². The molecule has 2 unspecified atom stereocenters. The first-order valence-electron chi connectivity index (χ1n) is 10.0. The molecule has 142 valence electrons. The largest absolute Gasteiger partial charge is 0.482 e. The van der Waals surface area contributed by atoms with E-state index < -0.39 is 0 Å². The van der Waals surface area contributed by atoms with E-state index in [2.05, 4.69) is 88.4 Å². The molecule has 2 aliphatic heterocycles. The van der Waals surface area contributed by atoms with Crippen LogP contribution in [0.1, 0.15) is 47.2 Å². The summed E-state index contributed by atoms with van der Waals surface area (Å²) in [6.07, 6.45) is 1.73. The van der Waals surface area contributed by atoms with Gasteiger partial charge in [0.2, 0.25) is 0 Å². The Morgan fingerprint density at radius 1 is 0.607 bits per heavy atom. The van der Waals surface area contributed by atoms with Gasteiger partial charge in [0.25, 0.3) is 0 Å². The van der Waals surface area contributed by atoms with Crippen LogP contribution in [0.15, 0.2) is 60.7 Å². The van der Waals surface area contributed by atoms with Crippen LogP contribution in [0.5, 0.6) is 11.5 Å². The third-order valence-corrected chi connectivity index (χ3v) is 6.29. The molecule has 2 heterocycles. The Kier molecular flexibility index (Phi) is 3.64. The zero-order valence-electron chi connectivity index (χ0n) is 17.0. The molecule has 0 fully saturated rings. The van der Waals surface area contributed by atoms with Gasteiger partial charge in [0.05, 0.1) is 0 Å². The quantitative estimate of drug-likeness (QED) is 0.550. The number of ether oxygens (including phenoxy) is 2. The average Bonchev–Trinajstić information content (AvgIpc) is 3.16. The molecule has 2 heteroatoms. The lowest BCUT2D eigenvalue weighted by molar-refractivity contribution is 0.114. The molecule has 0 radical (unpaired) electrons. The highest BCUT2D eigenvalue weighted by atomic mass is 16.5. The fraction of sp³-hybridized carbons (Fsp3) is 0.308. The SMILES string of the molecule is Cc1ccc(C2(C)Cc3cc4c(cc3O2)CC(C)(c2ccc(C)cc2)O4)cc1. The maximum absolute atomic E-state index is 6.48. The number of rotatable bonds is 2. The van der Waals surface area contributed by atoms with Gasteiger partial charge in [-0.2, -0.15) is 0 Å². The van der Waals surface area contributed by atoms with Gasteiger partial charge in [-0.05, 0) is 51.0 Å². The lowest BCUT2D eigenvalue weighted by atomic mass is 9.89. The molecular formula is C26H26O2. The van der Waals surface area contributed by atoms with Gasteiger partial charge >= 0.3 is 0 Å². The Balaban J connectivity index is 1.44. The zero-order chi connectivity index (χ0) is 19.5. The summed E-state index contributed by atoms with van der Waals surface area (Å²) in [6, 6.07) is 21.7. The van der Waals surface area contributed by atoms with E-state index in [0.29, 0.717) is 0 Å². The van der Waals surface area contributed by atoms with Gasteiger partial charge in [-0.1, -0.05) is 59.7 Å². The Labute approximate surface area is 167 Å². The Bertz CT molecular complexity index is 927. The topological polar surface area (TPSA) is 18.5 Å². The van der Waals surface area contributed by atoms with Crippen molar-refractivity contribution in [3.05, 3.63) is 94.0 Å². The van der Waals surface area contributed by atoms with Crippen molar-refractivity contribution in [2.45, 2.75) is 51.7 Å². The molecule has 2 nitrogen and oxygen atoms in total. The van der Waals surface area contributed by atoms with Gasteiger partial charge < -0.3 is 9.47 Å². The lowest BCUT2D eigenvalue weighted by Crippen LogP contribution is -2.27. The van der Waals surface area contributed by atoms with Crippen LogP contribution in [0.4, 0.5) is 0 Å². The van der Waals surface area contributed by atoms with E-state index in [0.717, 1.165) is 24.3 Å². The minimum absolute atomic E-state index is 0.314. The second-order valence-electron chi connectivity index (χ2n) is 8.82. The fourth-order valence-corrected chi connectivity index (χ4v) is 4.53. The lowest BCUT2D eigenvalue weighted by Gasteiger charge is -2.25. The number of hydrogen-bond acceptors (Lipinski definition) is 2. The molecular weight excluding hydrogens is 344 g/mol. The van der Waals surface area contributed by atoms with Crippen molar-refractivity contribution >= 4 is 0 Å². The van der Waals surface area contributed by atoms with Crippen LogP contribution in [-0.2, 0) is 24.0 Å². The maximum Gasteiger partial charge on any atom is 0.135 e. The minimum Gasteiger partial charge on any atom is -0.482 e. The summed E-state index contributed by atoms with van der Waals surface area (Å²) >= 11 is 0. The number of hydrogen-bond donors (Lipinski definition) is 0. The standard InChI is InChI=1S/C26H26O2/c1-17-5-9-21(10-6-17)25(3)15-19-13-24-20(14-23(19)27-25)16-26(4,28-24)22-11-7-18(2)8-12-22/h5-14H,15-16H2,1-4H3. The summed E-state index contributed by atoms with van der Waals surface area (Å²) < 4.78 is 13.0. The van der Waals surface area contributed by atoms with Crippen LogP contribution < -0.4 is 9.47 Å². The van der Waals surface area contributed by atoms with Gasteiger partial charge in [-0.15, -0.1) is 0 Å². The Morgan fingerprint density at radius 2 is 0.964 bits per heavy atom. The van der Waals surface area contributed by atoms with E-state index in [9.17, 15) is 0 Å². The molecule has 2 aliphatic rings. The highest BCUT2D eigenvalue weighted by Gasteiger charge is 2.41. The molecule has 0 N–H and O–H groups in total. The van der Waals surface area contributed by atoms with Crippen molar-refractivity contribution in [2.24, 2.45) is 0 Å². The highest BCUT2D eigenvalue weighted by molar-refractivity contribution is 5.54. The van der Waals surface area contributed by atoms with Crippen LogP contribution in [0, 0.1) is 13.8 Å². The first kappa shape index (κ1) is 17.4. The molecule has 0 saturated carbocycles. The zero-order valence-corrected chi connectivity index (χ0v) is 17.0. The fourth-order valence-electron chi connectivity index (χ4n) is 4.53. The summed E-state index contributed by atoms with van der Waals surface area (Å²) in [5, 5.41) is 0. The number of benzene rings is 3. The summed E-state index contributed by atoms with van der Waals surface area (Å²) in [5.74, 6) is 2.00. The average molecular weight is 370 g/mol. The van der Waals surface area contributed by atoms with E-state index in [1.54, 1.807) is 0 Å². The monoisotopic (exact) mass is 370 g/mol. The van der Waals surface area contributed by atoms with Crippen molar-refractivity contribution in [2.75, 3.05) is 0 Å². The predicted molar refractivity (Wildman–Crippen MR) is 112 cm³/mol. The van der Waals surface area contributed by atoms with Gasteiger partial charge in [-0.3, -0.25) is 0 Å². The van der Waals surface area contributed by atoms with Crippen molar-refractivity contribution in [1.29, 1.82) is 0 Å². The number of fused-ring (bicyclic) bond motifs is 2. The third-order valence-electron chi connectivity index (χ3n) is 6.29. The van der Waals surface area contributed by atoms with Crippen molar-refractivity contribution in [1.82, 2.24) is 0 Å². The van der Waals surface area contributed by atoms with E-state index in [4.69, 9.17) is 9.47 Å². The highest BCUT2D eigenvalue weighted by Crippen LogP contribution is 2.48. The smallest absolute Gasteiger partial charge is 0.135 e. The van der Waals surface area contributed by atoms with E-state index in [-0.39, 0.29) is 11.2 Å². The second kappa shape index (κ2) is 5.88. The molecule has 0 spiro atoms. The molecule has 2 atom stereocenters. The minimum atomic E-state index is -0.314. The molecule has 5 rings (SSSR count). The first-order valence-corrected chi connectivity index (χ1v) is 10.0. The molecule has 0 aliphatic carbocycles. The molecule has 0 aromatic heterocycles. The van der Waals surface area contributed by atoms with E-state index in [1.807, 2.05) is 0 Å². The summed E-state index contributed by atoms with van der Waals surface area (Å²) in [5.41, 5.74) is 6.82. The van der Waals surface area contributed by atoms with Crippen LogP contribution in [0.2, 0.25) is 0 Å². The van der Waals surface area contributed by atoms with E-state index >= 15 is 0 Å². The predicted octanol–water partition coefficient (Wildman–Crippen LogP) is 6.00. The Morgan fingerprint density at radius 3 is 1.32 bits per heavy atom. The van der Waals surface area contributed by atoms with Crippen molar-refractivity contribution in [3.63, 3.8) is 0 Å². The van der Waals surface area contributed by atoms with Gasteiger partial charge in [-0.25, -0.2) is 0 Å². The van der Waals surface area contributed by atoms with Gasteiger partial charge in [0.15, 0.2) is 0 Å². The van der Waals surface area contributed by atoms with Crippen molar-refractivity contribution in [3.8, 4) is 11.5 Å². The Hall–Kier alpha value is -2.74. The summed E-state index contributed by atoms with van der Waals surface area (Å²) in [7, 11) is 0. The third kappa shape index (κ3) is 2.71. The summed E-state index contributed by atoms with van der Waals surface area (Å²) in [4.78, 5) is 0. The van der Waals surface area contributed by atoms with Crippen LogP contribution >= 0.6 is 0 Å². The number of aryl methyl sites for hydroxylation is 2. The molecule has 3 aromatic carbocycles. The molecule has 0 saturated heterocycles. The molecule has 0 bridgehead atoms. The van der Waals surface area contributed by atoms with E-state index in [1.165, 1.54) is 33.4 Å².